The Balaban J connectivity index is 0.00000676. The Morgan fingerprint density at radius 2 is 1.74 bits per heavy atom. The molecule has 1 atom stereocenters. The van der Waals surface area contributed by atoms with Crippen LogP contribution >= 0.6 is 24.0 Å². The highest BCUT2D eigenvalue weighted by atomic mass is 127. The molecule has 0 heterocycles. The zero-order valence-electron chi connectivity index (χ0n) is 17.1. The predicted molar refractivity (Wildman–Crippen MR) is 121 cm³/mol. The summed E-state index contributed by atoms with van der Waals surface area (Å²) in [6, 6.07) is 6.30. The first-order valence-corrected chi connectivity index (χ1v) is 9.18. The summed E-state index contributed by atoms with van der Waals surface area (Å²) in [4.78, 5) is 16.1. The highest BCUT2D eigenvalue weighted by molar-refractivity contribution is 14.0. The minimum Gasteiger partial charge on any atom is -0.355 e. The molecule has 1 amide bonds. The summed E-state index contributed by atoms with van der Waals surface area (Å²) >= 11 is 0. The Hall–Kier alpha value is -1.38. The topological polar surface area (TPSA) is 65.5 Å². The van der Waals surface area contributed by atoms with Crippen molar-refractivity contribution in [1.82, 2.24) is 16.0 Å². The molecule has 0 aliphatic carbocycles. The number of benzene rings is 1. The number of guanidine groups is 1. The molecule has 0 radical (unpaired) electrons. The fourth-order valence-corrected chi connectivity index (χ4v) is 2.38. The van der Waals surface area contributed by atoms with Gasteiger partial charge in [0.1, 0.15) is 5.82 Å². The van der Waals surface area contributed by atoms with E-state index in [-0.39, 0.29) is 42.1 Å². The largest absolute Gasteiger partial charge is 0.355 e. The van der Waals surface area contributed by atoms with E-state index in [1.54, 1.807) is 19.2 Å². The molecule has 0 fully saturated rings. The lowest BCUT2D eigenvalue weighted by Gasteiger charge is -2.23. The van der Waals surface area contributed by atoms with E-state index in [9.17, 15) is 9.18 Å². The maximum Gasteiger partial charge on any atom is 0.224 e. The molecule has 7 heteroatoms. The van der Waals surface area contributed by atoms with Crippen molar-refractivity contribution in [3.05, 3.63) is 35.6 Å². The van der Waals surface area contributed by atoms with Gasteiger partial charge in [0, 0.05) is 26.2 Å². The summed E-state index contributed by atoms with van der Waals surface area (Å²) in [5.41, 5.74) is 1.11. The highest BCUT2D eigenvalue weighted by Crippen LogP contribution is 2.21. The first-order valence-electron chi connectivity index (χ1n) is 9.18. The van der Waals surface area contributed by atoms with Crippen molar-refractivity contribution in [3.63, 3.8) is 0 Å². The second kappa shape index (κ2) is 12.9. The number of aliphatic imine (C=N–C) groups is 1. The van der Waals surface area contributed by atoms with Gasteiger partial charge in [-0.15, -0.1) is 24.0 Å². The van der Waals surface area contributed by atoms with Crippen LogP contribution in [0.5, 0.6) is 0 Å². The number of carbonyl (C=O) groups is 1. The molecule has 0 aromatic heterocycles. The molecular weight excluding hydrogens is 458 g/mol. The lowest BCUT2D eigenvalue weighted by atomic mass is 9.89. The van der Waals surface area contributed by atoms with Gasteiger partial charge >= 0.3 is 0 Å². The number of hydrogen-bond acceptors (Lipinski definition) is 2. The molecule has 0 saturated heterocycles. The number of amides is 1. The average molecular weight is 492 g/mol. The van der Waals surface area contributed by atoms with Gasteiger partial charge in [0.2, 0.25) is 5.91 Å². The molecule has 1 unspecified atom stereocenters. The summed E-state index contributed by atoms with van der Waals surface area (Å²) in [5, 5.41) is 9.41. The van der Waals surface area contributed by atoms with Gasteiger partial charge in [0.15, 0.2) is 5.96 Å². The lowest BCUT2D eigenvalue weighted by molar-refractivity contribution is -0.120. The van der Waals surface area contributed by atoms with Crippen LogP contribution < -0.4 is 16.0 Å². The van der Waals surface area contributed by atoms with E-state index < -0.39 is 0 Å². The van der Waals surface area contributed by atoms with Crippen LogP contribution in [0.25, 0.3) is 0 Å². The molecule has 0 aliphatic rings. The number of hydrogen-bond donors (Lipinski definition) is 3. The van der Waals surface area contributed by atoms with E-state index in [0.717, 1.165) is 24.4 Å². The second-order valence-corrected chi connectivity index (χ2v) is 7.80. The van der Waals surface area contributed by atoms with Crippen LogP contribution in [0.1, 0.15) is 46.1 Å². The SMILES string of the molecule is CN=C(NCCNC(=O)Cc1ccc(F)cc1)NC(C)CCC(C)(C)C.I. The second-order valence-electron chi connectivity index (χ2n) is 7.80. The zero-order valence-corrected chi connectivity index (χ0v) is 19.4. The predicted octanol–water partition coefficient (Wildman–Crippen LogP) is 3.48. The minimum atomic E-state index is -0.297. The van der Waals surface area contributed by atoms with Crippen molar-refractivity contribution in [2.75, 3.05) is 20.1 Å². The molecule has 0 bridgehead atoms. The van der Waals surface area contributed by atoms with Gasteiger partial charge in [-0.05, 0) is 42.9 Å². The summed E-state index contributed by atoms with van der Waals surface area (Å²) < 4.78 is 12.9. The van der Waals surface area contributed by atoms with Crippen LogP contribution in [0, 0.1) is 11.2 Å². The zero-order chi connectivity index (χ0) is 19.6. The lowest BCUT2D eigenvalue weighted by Crippen LogP contribution is -2.45. The van der Waals surface area contributed by atoms with E-state index in [2.05, 4.69) is 48.6 Å². The van der Waals surface area contributed by atoms with Gasteiger partial charge in [0.05, 0.1) is 6.42 Å². The summed E-state index contributed by atoms with van der Waals surface area (Å²) in [6.45, 7) is 9.94. The molecule has 1 rings (SSSR count). The first-order chi connectivity index (χ1) is 12.2. The molecule has 5 nitrogen and oxygen atoms in total. The number of halogens is 2. The molecular formula is C20H34FIN4O. The average Bonchev–Trinajstić information content (AvgIpc) is 2.57. The number of carbonyl (C=O) groups excluding carboxylic acids is 1. The third kappa shape index (κ3) is 12.6. The molecule has 27 heavy (non-hydrogen) atoms. The molecule has 154 valence electrons. The monoisotopic (exact) mass is 492 g/mol. The van der Waals surface area contributed by atoms with Gasteiger partial charge < -0.3 is 16.0 Å². The van der Waals surface area contributed by atoms with Crippen molar-refractivity contribution in [2.24, 2.45) is 10.4 Å². The first kappa shape index (κ1) is 25.6. The Morgan fingerprint density at radius 3 is 2.30 bits per heavy atom. The van der Waals surface area contributed by atoms with Crippen LogP contribution in [0.3, 0.4) is 0 Å². The standard InChI is InChI=1S/C20H33FN4O.HI/c1-15(10-11-20(2,3)4)25-19(22-5)24-13-12-23-18(26)14-16-6-8-17(21)9-7-16;/h6-9,15H,10-14H2,1-5H3,(H,23,26)(H2,22,24,25);1H. The van der Waals surface area contributed by atoms with E-state index in [1.165, 1.54) is 12.1 Å². The van der Waals surface area contributed by atoms with Gasteiger partial charge in [-0.2, -0.15) is 0 Å². The van der Waals surface area contributed by atoms with E-state index in [0.29, 0.717) is 24.5 Å². The summed E-state index contributed by atoms with van der Waals surface area (Å²) in [6.07, 6.45) is 2.45. The number of nitrogens with one attached hydrogen (secondary N) is 3. The van der Waals surface area contributed by atoms with Crippen LogP contribution in [-0.4, -0.2) is 38.0 Å². The van der Waals surface area contributed by atoms with Crippen molar-refractivity contribution < 1.29 is 9.18 Å². The van der Waals surface area contributed by atoms with Crippen molar-refractivity contribution in [1.29, 1.82) is 0 Å². The third-order valence-corrected chi connectivity index (χ3v) is 3.95. The van der Waals surface area contributed by atoms with Crippen LogP contribution in [0.15, 0.2) is 29.3 Å². The fraction of sp³-hybridized carbons (Fsp3) is 0.600. The van der Waals surface area contributed by atoms with E-state index in [1.807, 2.05) is 0 Å². The highest BCUT2D eigenvalue weighted by Gasteiger charge is 2.13. The van der Waals surface area contributed by atoms with Gasteiger partial charge in [-0.25, -0.2) is 4.39 Å². The third-order valence-electron chi connectivity index (χ3n) is 3.95. The van der Waals surface area contributed by atoms with Gasteiger partial charge in [-0.1, -0.05) is 32.9 Å². The van der Waals surface area contributed by atoms with Crippen molar-refractivity contribution in [3.8, 4) is 0 Å². The molecule has 0 spiro atoms. The van der Waals surface area contributed by atoms with Crippen LogP contribution in [0.4, 0.5) is 4.39 Å². The molecule has 0 aliphatic heterocycles. The van der Waals surface area contributed by atoms with Crippen molar-refractivity contribution in [2.45, 2.75) is 53.0 Å². The Bertz CT molecular complexity index is 585. The Kier molecular flexibility index (Phi) is 12.2. The van der Waals surface area contributed by atoms with Crippen molar-refractivity contribution >= 4 is 35.8 Å². The molecule has 1 aromatic carbocycles. The molecule has 0 saturated carbocycles. The van der Waals surface area contributed by atoms with E-state index >= 15 is 0 Å². The van der Waals surface area contributed by atoms with Crippen LogP contribution in [-0.2, 0) is 11.2 Å². The summed E-state index contributed by atoms with van der Waals surface area (Å²) in [7, 11) is 1.74. The number of rotatable bonds is 8. The minimum absolute atomic E-state index is 0. The molecule has 1 aromatic rings. The van der Waals surface area contributed by atoms with Crippen LogP contribution in [0.2, 0.25) is 0 Å². The fourth-order valence-electron chi connectivity index (χ4n) is 2.38. The Morgan fingerprint density at radius 1 is 1.15 bits per heavy atom. The van der Waals surface area contributed by atoms with Gasteiger partial charge in [-0.3, -0.25) is 9.79 Å². The molecule has 3 N–H and O–H groups in total. The quantitative estimate of drug-likeness (QED) is 0.225. The maximum atomic E-state index is 12.9. The van der Waals surface area contributed by atoms with E-state index in [4.69, 9.17) is 0 Å². The van der Waals surface area contributed by atoms with Gasteiger partial charge in [0.25, 0.3) is 0 Å². The summed E-state index contributed by atoms with van der Waals surface area (Å²) in [5.74, 6) is 0.355. The number of nitrogens with zero attached hydrogens (tertiary/aromatic N) is 1. The maximum absolute atomic E-state index is 12.9. The Labute approximate surface area is 180 Å². The smallest absolute Gasteiger partial charge is 0.224 e. The normalized spacial score (nSPS) is 12.7.